The number of thioether (sulfide) groups is 1. The number of benzene rings is 2. The van der Waals surface area contributed by atoms with Gasteiger partial charge in [0.15, 0.2) is 11.7 Å². The van der Waals surface area contributed by atoms with Gasteiger partial charge < -0.3 is 9.47 Å². The van der Waals surface area contributed by atoms with Crippen LogP contribution in [0.2, 0.25) is 0 Å². The predicted molar refractivity (Wildman–Crippen MR) is 111 cm³/mol. The zero-order valence-electron chi connectivity index (χ0n) is 15.3. The van der Waals surface area contributed by atoms with Crippen molar-refractivity contribution in [3.8, 4) is 17.0 Å². The second-order valence-electron chi connectivity index (χ2n) is 5.59. The summed E-state index contributed by atoms with van der Waals surface area (Å²) in [7, 11) is 1.61. The van der Waals surface area contributed by atoms with E-state index in [0.29, 0.717) is 10.7 Å². The monoisotopic (exact) mass is 414 g/mol. The lowest BCUT2D eigenvalue weighted by Crippen LogP contribution is -2.21. The molecule has 144 valence electrons. The molecule has 3 rings (SSSR count). The van der Waals surface area contributed by atoms with E-state index in [-0.39, 0.29) is 6.61 Å². The number of anilines is 1. The molecule has 0 atom stereocenters. The Labute approximate surface area is 170 Å². The van der Waals surface area contributed by atoms with Gasteiger partial charge in [-0.2, -0.15) is 0 Å². The van der Waals surface area contributed by atoms with Crippen LogP contribution in [-0.2, 0) is 9.53 Å². The van der Waals surface area contributed by atoms with E-state index in [9.17, 15) is 9.59 Å². The van der Waals surface area contributed by atoms with Crippen LogP contribution in [0.3, 0.4) is 0 Å². The van der Waals surface area contributed by atoms with E-state index in [1.54, 1.807) is 19.2 Å². The van der Waals surface area contributed by atoms with Crippen molar-refractivity contribution < 1.29 is 19.1 Å². The van der Waals surface area contributed by atoms with Gasteiger partial charge in [-0.15, -0.1) is 23.1 Å². The van der Waals surface area contributed by atoms with E-state index in [0.717, 1.165) is 21.9 Å². The SMILES string of the molecule is COc1ccc(-c2csc(NC(=O)COC(=O)c3ccccc3SC)n2)cc1. The minimum atomic E-state index is -0.529. The molecule has 0 aliphatic carbocycles. The third kappa shape index (κ3) is 4.90. The zero-order chi connectivity index (χ0) is 19.9. The number of amides is 1. The van der Waals surface area contributed by atoms with E-state index in [1.807, 2.05) is 48.0 Å². The Morgan fingerprint density at radius 2 is 1.89 bits per heavy atom. The van der Waals surface area contributed by atoms with Crippen LogP contribution in [0.5, 0.6) is 5.75 Å². The fraction of sp³-hybridized carbons (Fsp3) is 0.150. The van der Waals surface area contributed by atoms with Crippen molar-refractivity contribution in [2.75, 3.05) is 25.3 Å². The first kappa shape index (κ1) is 19.9. The summed E-state index contributed by atoms with van der Waals surface area (Å²) >= 11 is 2.75. The maximum absolute atomic E-state index is 12.2. The summed E-state index contributed by atoms with van der Waals surface area (Å²) in [6.45, 7) is -0.376. The number of carbonyl (C=O) groups is 2. The van der Waals surface area contributed by atoms with Crippen LogP contribution in [-0.4, -0.2) is 36.8 Å². The summed E-state index contributed by atoms with van der Waals surface area (Å²) in [5.74, 6) is -0.207. The van der Waals surface area contributed by atoms with Gasteiger partial charge in [-0.3, -0.25) is 10.1 Å². The zero-order valence-corrected chi connectivity index (χ0v) is 16.9. The number of nitrogens with zero attached hydrogens (tertiary/aromatic N) is 1. The summed E-state index contributed by atoms with van der Waals surface area (Å²) in [4.78, 5) is 29.5. The number of rotatable bonds is 7. The molecule has 2 aromatic carbocycles. The lowest BCUT2D eigenvalue weighted by atomic mass is 10.2. The molecule has 0 spiro atoms. The number of aromatic nitrogens is 1. The number of ether oxygens (including phenoxy) is 2. The summed E-state index contributed by atoms with van der Waals surface area (Å²) in [5.41, 5.74) is 2.10. The highest BCUT2D eigenvalue weighted by molar-refractivity contribution is 7.98. The molecule has 0 radical (unpaired) electrons. The van der Waals surface area contributed by atoms with E-state index in [1.165, 1.54) is 23.1 Å². The Hall–Kier alpha value is -2.84. The predicted octanol–water partition coefficient (Wildman–Crippen LogP) is 4.34. The average molecular weight is 415 g/mol. The molecule has 1 N–H and O–H groups in total. The Bertz CT molecular complexity index is 970. The van der Waals surface area contributed by atoms with Gasteiger partial charge in [0, 0.05) is 15.8 Å². The highest BCUT2D eigenvalue weighted by atomic mass is 32.2. The second kappa shape index (κ2) is 9.38. The lowest BCUT2D eigenvalue weighted by Gasteiger charge is -2.07. The molecule has 8 heteroatoms. The van der Waals surface area contributed by atoms with Crippen LogP contribution in [0, 0.1) is 0 Å². The molecule has 0 saturated heterocycles. The number of esters is 1. The normalized spacial score (nSPS) is 10.4. The van der Waals surface area contributed by atoms with Crippen LogP contribution >= 0.6 is 23.1 Å². The van der Waals surface area contributed by atoms with Crippen LogP contribution in [0.15, 0.2) is 58.8 Å². The Morgan fingerprint density at radius 1 is 1.14 bits per heavy atom. The van der Waals surface area contributed by atoms with Crippen molar-refractivity contribution in [2.45, 2.75) is 4.90 Å². The van der Waals surface area contributed by atoms with Gasteiger partial charge in [0.25, 0.3) is 5.91 Å². The summed E-state index contributed by atoms with van der Waals surface area (Å²) < 4.78 is 10.3. The Balaban J connectivity index is 1.56. The number of thiazole rings is 1. The topological polar surface area (TPSA) is 77.5 Å². The van der Waals surface area contributed by atoms with Crippen molar-refractivity contribution in [1.82, 2.24) is 4.98 Å². The summed E-state index contributed by atoms with van der Waals surface area (Å²) in [6.07, 6.45) is 1.88. The first-order valence-corrected chi connectivity index (χ1v) is 10.4. The highest BCUT2D eigenvalue weighted by Crippen LogP contribution is 2.26. The molecular formula is C20H18N2O4S2. The smallest absolute Gasteiger partial charge is 0.339 e. The van der Waals surface area contributed by atoms with Crippen molar-refractivity contribution >= 4 is 40.1 Å². The molecule has 28 heavy (non-hydrogen) atoms. The van der Waals surface area contributed by atoms with Crippen molar-refractivity contribution in [2.24, 2.45) is 0 Å². The van der Waals surface area contributed by atoms with Gasteiger partial charge in [-0.05, 0) is 42.7 Å². The number of methoxy groups -OCH3 is 1. The molecule has 0 aliphatic heterocycles. The molecule has 3 aromatic rings. The van der Waals surface area contributed by atoms with Crippen LogP contribution in [0.25, 0.3) is 11.3 Å². The van der Waals surface area contributed by atoms with Crippen LogP contribution < -0.4 is 10.1 Å². The molecule has 0 aliphatic rings. The molecular weight excluding hydrogens is 396 g/mol. The molecule has 0 saturated carbocycles. The van der Waals surface area contributed by atoms with Gasteiger partial charge in [-0.1, -0.05) is 12.1 Å². The molecule has 0 unspecified atom stereocenters. The maximum atomic E-state index is 12.2. The van der Waals surface area contributed by atoms with Gasteiger partial charge >= 0.3 is 5.97 Å². The summed E-state index contributed by atoms with van der Waals surface area (Å²) in [5, 5.41) is 4.94. The lowest BCUT2D eigenvalue weighted by molar-refractivity contribution is -0.119. The largest absolute Gasteiger partial charge is 0.497 e. The molecule has 1 heterocycles. The van der Waals surface area contributed by atoms with Gasteiger partial charge in [0.1, 0.15) is 5.75 Å². The van der Waals surface area contributed by atoms with Crippen molar-refractivity contribution in [3.63, 3.8) is 0 Å². The molecule has 6 nitrogen and oxygen atoms in total. The average Bonchev–Trinajstić information content (AvgIpc) is 3.20. The van der Waals surface area contributed by atoms with E-state index >= 15 is 0 Å². The molecule has 0 fully saturated rings. The van der Waals surface area contributed by atoms with E-state index in [4.69, 9.17) is 9.47 Å². The van der Waals surface area contributed by atoms with Crippen molar-refractivity contribution in [3.05, 3.63) is 59.5 Å². The van der Waals surface area contributed by atoms with E-state index in [2.05, 4.69) is 10.3 Å². The second-order valence-corrected chi connectivity index (χ2v) is 7.30. The number of hydrogen-bond acceptors (Lipinski definition) is 7. The Morgan fingerprint density at radius 3 is 2.61 bits per heavy atom. The fourth-order valence-corrected chi connectivity index (χ4v) is 3.72. The van der Waals surface area contributed by atoms with Crippen molar-refractivity contribution in [1.29, 1.82) is 0 Å². The molecule has 0 bridgehead atoms. The third-order valence-corrected chi connectivity index (χ3v) is 5.35. The molecule has 1 amide bonds. The minimum absolute atomic E-state index is 0.376. The standard InChI is InChI=1S/C20H18N2O4S2/c1-25-14-9-7-13(8-10-14)16-12-28-20(21-16)22-18(23)11-26-19(24)15-5-3-4-6-17(15)27-2/h3-10,12H,11H2,1-2H3,(H,21,22,23). The number of carbonyl (C=O) groups excluding carboxylic acids is 2. The van der Waals surface area contributed by atoms with Crippen LogP contribution in [0.4, 0.5) is 5.13 Å². The first-order valence-electron chi connectivity index (χ1n) is 8.30. The Kier molecular flexibility index (Phi) is 6.67. The highest BCUT2D eigenvalue weighted by Gasteiger charge is 2.15. The first-order chi connectivity index (χ1) is 13.6. The third-order valence-electron chi connectivity index (χ3n) is 3.80. The van der Waals surface area contributed by atoms with E-state index < -0.39 is 11.9 Å². The van der Waals surface area contributed by atoms with Gasteiger partial charge in [0.05, 0.1) is 18.4 Å². The quantitative estimate of drug-likeness (QED) is 0.458. The maximum Gasteiger partial charge on any atom is 0.339 e. The van der Waals surface area contributed by atoms with Gasteiger partial charge in [-0.25, -0.2) is 9.78 Å². The number of nitrogens with one attached hydrogen (secondary N) is 1. The van der Waals surface area contributed by atoms with Gasteiger partial charge in [0.2, 0.25) is 0 Å². The summed E-state index contributed by atoms with van der Waals surface area (Å²) in [6, 6.07) is 14.6. The molecule has 1 aromatic heterocycles. The fourth-order valence-electron chi connectivity index (χ4n) is 2.40. The minimum Gasteiger partial charge on any atom is -0.497 e. The number of hydrogen-bond donors (Lipinski definition) is 1. The van der Waals surface area contributed by atoms with Crippen LogP contribution in [0.1, 0.15) is 10.4 Å².